The highest BCUT2D eigenvalue weighted by atomic mass is 16.6. The third-order valence-electron chi connectivity index (χ3n) is 3.50. The van der Waals surface area contributed by atoms with Gasteiger partial charge in [-0.25, -0.2) is 0 Å². The number of unbranched alkanes of at least 4 members (excludes halogenated alkanes) is 2. The highest BCUT2D eigenvalue weighted by Crippen LogP contribution is 2.25. The molecule has 2 atom stereocenters. The maximum absolute atomic E-state index is 11.7. The molecule has 0 spiro atoms. The number of nitro benzene ring substituents is 1. The average molecular weight is 310 g/mol. The number of aliphatic hydroxyl groups excluding tert-OH is 1. The Morgan fingerprint density at radius 3 is 2.45 bits per heavy atom. The lowest BCUT2D eigenvalue weighted by Gasteiger charge is -2.30. The number of amides is 1. The summed E-state index contributed by atoms with van der Waals surface area (Å²) in [5, 5.41) is 33.3. The minimum Gasteiger partial charge on any atom is -0.381 e. The molecule has 7 nitrogen and oxygen atoms in total. The number of hydrogen-bond acceptors (Lipinski definition) is 5. The van der Waals surface area contributed by atoms with Gasteiger partial charge in [0.25, 0.3) is 5.69 Å². The molecule has 0 heterocycles. The van der Waals surface area contributed by atoms with Gasteiger partial charge in [0.2, 0.25) is 5.91 Å². The van der Waals surface area contributed by atoms with Crippen molar-refractivity contribution in [3.8, 4) is 0 Å². The molecule has 0 aliphatic carbocycles. The Morgan fingerprint density at radius 1 is 1.36 bits per heavy atom. The molecule has 1 rings (SSSR count). The normalized spacial score (nSPS) is 14.9. The number of nitro groups is 1. The number of aliphatic hydroxyl groups is 2. The topological polar surface area (TPSA) is 113 Å². The molecule has 3 N–H and O–H groups in total. The van der Waals surface area contributed by atoms with E-state index in [1.165, 1.54) is 31.2 Å². The predicted molar refractivity (Wildman–Crippen MR) is 81.0 cm³/mol. The maximum atomic E-state index is 11.7. The van der Waals surface area contributed by atoms with Gasteiger partial charge in [-0.3, -0.25) is 14.9 Å². The Hall–Kier alpha value is -1.99. The van der Waals surface area contributed by atoms with Gasteiger partial charge in [0.1, 0.15) is 5.60 Å². The van der Waals surface area contributed by atoms with E-state index in [9.17, 15) is 25.1 Å². The molecule has 0 unspecified atom stereocenters. The fourth-order valence-electron chi connectivity index (χ4n) is 1.98. The van der Waals surface area contributed by atoms with Crippen LogP contribution in [-0.4, -0.2) is 27.3 Å². The summed E-state index contributed by atoms with van der Waals surface area (Å²) in [5.74, 6) is -0.344. The number of carbonyl (C=O) groups is 1. The van der Waals surface area contributed by atoms with Crippen LogP contribution in [0.25, 0.3) is 0 Å². The number of carbonyl (C=O) groups excluding carboxylic acids is 1. The van der Waals surface area contributed by atoms with Crippen molar-refractivity contribution < 1.29 is 19.9 Å². The molecule has 0 radical (unpaired) electrons. The highest BCUT2D eigenvalue weighted by molar-refractivity contribution is 5.76. The van der Waals surface area contributed by atoms with E-state index in [0.717, 1.165) is 12.8 Å². The molecule has 0 bridgehead atoms. The van der Waals surface area contributed by atoms with E-state index >= 15 is 0 Å². The Morgan fingerprint density at radius 2 is 1.95 bits per heavy atom. The third-order valence-corrected chi connectivity index (χ3v) is 3.50. The van der Waals surface area contributed by atoms with E-state index in [1.54, 1.807) is 0 Å². The van der Waals surface area contributed by atoms with Gasteiger partial charge in [-0.15, -0.1) is 0 Å². The molecule has 1 aromatic rings. The van der Waals surface area contributed by atoms with Gasteiger partial charge in [0.05, 0.1) is 4.92 Å². The van der Waals surface area contributed by atoms with Gasteiger partial charge < -0.3 is 15.5 Å². The zero-order valence-electron chi connectivity index (χ0n) is 12.8. The fraction of sp³-hybridized carbons (Fsp3) is 0.533. The largest absolute Gasteiger partial charge is 0.381 e. The first-order valence-electron chi connectivity index (χ1n) is 7.23. The smallest absolute Gasteiger partial charge is 0.269 e. The van der Waals surface area contributed by atoms with Crippen LogP contribution in [0.4, 0.5) is 5.69 Å². The summed E-state index contributed by atoms with van der Waals surface area (Å²) in [6, 6.07) is 5.17. The lowest BCUT2D eigenvalue weighted by molar-refractivity contribution is -0.384. The molecule has 0 aliphatic heterocycles. The second-order valence-corrected chi connectivity index (χ2v) is 5.38. The van der Waals surface area contributed by atoms with Crippen LogP contribution in [0.1, 0.15) is 45.1 Å². The Kier molecular flexibility index (Phi) is 6.45. The first-order valence-corrected chi connectivity index (χ1v) is 7.23. The summed E-state index contributed by atoms with van der Waals surface area (Å²) in [4.78, 5) is 21.7. The maximum Gasteiger partial charge on any atom is 0.269 e. The van der Waals surface area contributed by atoms with Crippen LogP contribution in [0.15, 0.2) is 24.3 Å². The van der Waals surface area contributed by atoms with E-state index < -0.39 is 16.8 Å². The van der Waals surface area contributed by atoms with Crippen molar-refractivity contribution in [3.05, 3.63) is 39.9 Å². The summed E-state index contributed by atoms with van der Waals surface area (Å²) in [6.07, 6.45) is 1.40. The first-order chi connectivity index (χ1) is 10.3. The van der Waals surface area contributed by atoms with Crippen LogP contribution in [0, 0.1) is 10.1 Å². The van der Waals surface area contributed by atoms with Crippen LogP contribution in [0.3, 0.4) is 0 Å². The zero-order chi connectivity index (χ0) is 16.8. The quantitative estimate of drug-likeness (QED) is 0.293. The SMILES string of the molecule is CCCCCC(=O)N[C@@H](O)[C@@](C)(O)c1ccc([N+](=O)[O-])cc1. The minimum absolute atomic E-state index is 0.113. The monoisotopic (exact) mass is 310 g/mol. The van der Waals surface area contributed by atoms with Crippen molar-refractivity contribution in [1.82, 2.24) is 5.32 Å². The van der Waals surface area contributed by atoms with Crippen LogP contribution in [0.5, 0.6) is 0 Å². The van der Waals surface area contributed by atoms with E-state index in [1.807, 2.05) is 6.92 Å². The molecule has 0 saturated carbocycles. The van der Waals surface area contributed by atoms with Crippen molar-refractivity contribution in [2.24, 2.45) is 0 Å². The molecule has 0 saturated heterocycles. The van der Waals surface area contributed by atoms with Gasteiger partial charge in [-0.1, -0.05) is 19.8 Å². The second-order valence-electron chi connectivity index (χ2n) is 5.38. The standard InChI is InChI=1S/C15H22N2O5/c1-3-4-5-6-13(18)16-14(19)15(2,20)11-7-9-12(10-8-11)17(21)22/h7-10,14,19-20H,3-6H2,1-2H3,(H,16,18)/t14-,15-/m0/s1. The van der Waals surface area contributed by atoms with Gasteiger partial charge >= 0.3 is 0 Å². The Balaban J connectivity index is 2.71. The number of nitrogens with one attached hydrogen (secondary N) is 1. The number of nitrogens with zero attached hydrogens (tertiary/aromatic N) is 1. The zero-order valence-corrected chi connectivity index (χ0v) is 12.8. The van der Waals surface area contributed by atoms with E-state index in [-0.39, 0.29) is 23.6 Å². The number of hydrogen-bond donors (Lipinski definition) is 3. The lowest BCUT2D eigenvalue weighted by Crippen LogP contribution is -2.49. The van der Waals surface area contributed by atoms with Crippen LogP contribution >= 0.6 is 0 Å². The van der Waals surface area contributed by atoms with Gasteiger partial charge in [0.15, 0.2) is 6.23 Å². The molecule has 7 heteroatoms. The van der Waals surface area contributed by atoms with Crippen molar-refractivity contribution in [1.29, 1.82) is 0 Å². The molecule has 0 aliphatic rings. The van der Waals surface area contributed by atoms with E-state index in [4.69, 9.17) is 0 Å². The van der Waals surface area contributed by atoms with Crippen molar-refractivity contribution in [2.75, 3.05) is 0 Å². The summed E-state index contributed by atoms with van der Waals surface area (Å²) in [7, 11) is 0. The number of rotatable bonds is 8. The van der Waals surface area contributed by atoms with Crippen molar-refractivity contribution >= 4 is 11.6 Å². The number of non-ortho nitro benzene ring substituents is 1. The average Bonchev–Trinajstić information content (AvgIpc) is 2.47. The first kappa shape index (κ1) is 18.1. The summed E-state index contributed by atoms with van der Waals surface area (Å²) >= 11 is 0. The predicted octanol–water partition coefficient (Wildman–Crippen LogP) is 1.82. The molecule has 0 aromatic heterocycles. The summed E-state index contributed by atoms with van der Waals surface area (Å²) in [5.41, 5.74) is -1.58. The molecular formula is C15H22N2O5. The molecule has 1 amide bonds. The fourth-order valence-corrected chi connectivity index (χ4v) is 1.98. The molecule has 1 aromatic carbocycles. The summed E-state index contributed by atoms with van der Waals surface area (Å²) in [6.45, 7) is 3.36. The Bertz CT molecular complexity index is 513. The third kappa shape index (κ3) is 4.78. The van der Waals surface area contributed by atoms with Gasteiger partial charge in [-0.2, -0.15) is 0 Å². The molecule has 0 fully saturated rings. The van der Waals surface area contributed by atoms with Crippen molar-refractivity contribution in [2.45, 2.75) is 51.4 Å². The second kappa shape index (κ2) is 7.86. The lowest BCUT2D eigenvalue weighted by atomic mass is 9.93. The van der Waals surface area contributed by atoms with Crippen LogP contribution in [0.2, 0.25) is 0 Å². The number of benzene rings is 1. The highest BCUT2D eigenvalue weighted by Gasteiger charge is 2.33. The van der Waals surface area contributed by atoms with Crippen LogP contribution in [-0.2, 0) is 10.4 Å². The summed E-state index contributed by atoms with van der Waals surface area (Å²) < 4.78 is 0. The van der Waals surface area contributed by atoms with E-state index in [2.05, 4.69) is 5.32 Å². The van der Waals surface area contributed by atoms with E-state index in [0.29, 0.717) is 6.42 Å². The van der Waals surface area contributed by atoms with Crippen molar-refractivity contribution in [3.63, 3.8) is 0 Å². The molecular weight excluding hydrogens is 288 g/mol. The van der Waals surface area contributed by atoms with Gasteiger partial charge in [0, 0.05) is 18.6 Å². The van der Waals surface area contributed by atoms with Crippen LogP contribution < -0.4 is 5.32 Å². The van der Waals surface area contributed by atoms with Gasteiger partial charge in [-0.05, 0) is 31.0 Å². The molecule has 22 heavy (non-hydrogen) atoms. The minimum atomic E-state index is -1.74. The Labute approximate surface area is 129 Å². The molecule has 122 valence electrons.